The Kier molecular flexibility index (Phi) is 7.21. The summed E-state index contributed by atoms with van der Waals surface area (Å²) in [7, 11) is 0. The van der Waals surface area contributed by atoms with Gasteiger partial charge >= 0.3 is 11.9 Å². The topological polar surface area (TPSA) is 61.8 Å². The SMILES string of the molecule is CC[C@H](OC(C)=O)[C@@H](C)[C@H]1OC(=O)[C@H](C)[C@@H](OCc2ccccc2)[C@H]1C. The summed E-state index contributed by atoms with van der Waals surface area (Å²) in [5.74, 6) is -0.991. The van der Waals surface area contributed by atoms with Gasteiger partial charge in [-0.15, -0.1) is 0 Å². The van der Waals surface area contributed by atoms with Crippen molar-refractivity contribution in [3.05, 3.63) is 35.9 Å². The van der Waals surface area contributed by atoms with Gasteiger partial charge in [-0.25, -0.2) is 0 Å². The molecule has 144 valence electrons. The molecule has 0 spiro atoms. The maximum absolute atomic E-state index is 12.4. The molecule has 1 fully saturated rings. The van der Waals surface area contributed by atoms with Crippen LogP contribution >= 0.6 is 0 Å². The molecule has 0 aromatic heterocycles. The molecule has 0 radical (unpaired) electrons. The van der Waals surface area contributed by atoms with Crippen LogP contribution in [0.1, 0.15) is 46.6 Å². The Morgan fingerprint density at radius 1 is 1.23 bits per heavy atom. The normalized spacial score (nSPS) is 28.1. The van der Waals surface area contributed by atoms with E-state index in [0.717, 1.165) is 5.56 Å². The van der Waals surface area contributed by atoms with Crippen molar-refractivity contribution < 1.29 is 23.8 Å². The fourth-order valence-electron chi connectivity index (χ4n) is 3.76. The molecule has 0 saturated carbocycles. The van der Waals surface area contributed by atoms with E-state index >= 15 is 0 Å². The highest BCUT2D eigenvalue weighted by molar-refractivity contribution is 5.74. The molecule has 1 aromatic carbocycles. The van der Waals surface area contributed by atoms with Crippen LogP contribution in [-0.4, -0.2) is 30.3 Å². The van der Waals surface area contributed by atoms with Gasteiger partial charge in [0.25, 0.3) is 0 Å². The van der Waals surface area contributed by atoms with Gasteiger partial charge in [-0.3, -0.25) is 9.59 Å². The summed E-state index contributed by atoms with van der Waals surface area (Å²) in [5, 5.41) is 0. The Labute approximate surface area is 156 Å². The molecule has 26 heavy (non-hydrogen) atoms. The van der Waals surface area contributed by atoms with Crippen molar-refractivity contribution in [2.45, 2.75) is 66.0 Å². The predicted molar refractivity (Wildman–Crippen MR) is 98.2 cm³/mol. The number of esters is 2. The minimum absolute atomic E-state index is 0.00557. The lowest BCUT2D eigenvalue weighted by Gasteiger charge is -2.42. The predicted octanol–water partition coefficient (Wildman–Crippen LogP) is 3.75. The third kappa shape index (κ3) is 4.85. The molecule has 6 atom stereocenters. The van der Waals surface area contributed by atoms with Gasteiger partial charge in [0.2, 0.25) is 0 Å². The summed E-state index contributed by atoms with van der Waals surface area (Å²) in [6.07, 6.45) is -0.189. The zero-order valence-corrected chi connectivity index (χ0v) is 16.3. The lowest BCUT2D eigenvalue weighted by atomic mass is 9.79. The number of benzene rings is 1. The summed E-state index contributed by atoms with van der Waals surface area (Å²) in [5.41, 5.74) is 1.07. The molecule has 1 aliphatic heterocycles. The van der Waals surface area contributed by atoms with Gasteiger partial charge in [-0.2, -0.15) is 0 Å². The number of cyclic esters (lactones) is 1. The molecule has 0 amide bonds. The van der Waals surface area contributed by atoms with E-state index in [2.05, 4.69) is 0 Å². The maximum Gasteiger partial charge on any atom is 0.311 e. The first-order valence-electron chi connectivity index (χ1n) is 9.38. The van der Waals surface area contributed by atoms with Crippen LogP contribution in [0.3, 0.4) is 0 Å². The van der Waals surface area contributed by atoms with E-state index in [-0.39, 0.29) is 48.0 Å². The molecular formula is C21H30O5. The summed E-state index contributed by atoms with van der Waals surface area (Å²) >= 11 is 0. The second-order valence-corrected chi connectivity index (χ2v) is 7.23. The van der Waals surface area contributed by atoms with E-state index in [1.807, 2.05) is 58.0 Å². The summed E-state index contributed by atoms with van der Waals surface area (Å²) in [6, 6.07) is 9.91. The molecule has 1 saturated heterocycles. The molecule has 5 nitrogen and oxygen atoms in total. The van der Waals surface area contributed by atoms with E-state index in [1.165, 1.54) is 6.92 Å². The van der Waals surface area contributed by atoms with Crippen molar-refractivity contribution in [3.63, 3.8) is 0 Å². The summed E-state index contributed by atoms with van der Waals surface area (Å²) in [4.78, 5) is 23.8. The Balaban J connectivity index is 2.11. The highest BCUT2D eigenvalue weighted by atomic mass is 16.6. The van der Waals surface area contributed by atoms with Gasteiger partial charge in [-0.1, -0.05) is 51.1 Å². The van der Waals surface area contributed by atoms with E-state index < -0.39 is 0 Å². The lowest BCUT2D eigenvalue weighted by molar-refractivity contribution is -0.196. The zero-order chi connectivity index (χ0) is 19.3. The van der Waals surface area contributed by atoms with E-state index in [0.29, 0.717) is 13.0 Å². The molecule has 1 aliphatic rings. The van der Waals surface area contributed by atoms with Crippen molar-refractivity contribution in [1.29, 1.82) is 0 Å². The van der Waals surface area contributed by atoms with Crippen LogP contribution in [0.2, 0.25) is 0 Å². The molecule has 1 aromatic rings. The number of ether oxygens (including phenoxy) is 3. The first-order chi connectivity index (χ1) is 12.3. The second-order valence-electron chi connectivity index (χ2n) is 7.23. The first kappa shape index (κ1) is 20.4. The molecular weight excluding hydrogens is 332 g/mol. The molecule has 0 N–H and O–H groups in total. The third-order valence-electron chi connectivity index (χ3n) is 5.26. The van der Waals surface area contributed by atoms with Crippen LogP contribution in [0.5, 0.6) is 0 Å². The molecule has 0 aliphatic carbocycles. The van der Waals surface area contributed by atoms with Crippen LogP contribution < -0.4 is 0 Å². The minimum atomic E-state index is -0.344. The Morgan fingerprint density at radius 3 is 2.46 bits per heavy atom. The molecule has 5 heteroatoms. The van der Waals surface area contributed by atoms with Crippen molar-refractivity contribution in [1.82, 2.24) is 0 Å². The van der Waals surface area contributed by atoms with Gasteiger partial charge in [0, 0.05) is 18.8 Å². The van der Waals surface area contributed by atoms with Crippen LogP contribution in [0.15, 0.2) is 30.3 Å². The quantitative estimate of drug-likeness (QED) is 0.691. The largest absolute Gasteiger partial charge is 0.462 e. The number of carbonyl (C=O) groups excluding carboxylic acids is 2. The van der Waals surface area contributed by atoms with Crippen LogP contribution in [0.25, 0.3) is 0 Å². The van der Waals surface area contributed by atoms with Crippen molar-refractivity contribution in [3.8, 4) is 0 Å². The number of rotatable bonds is 7. The summed E-state index contributed by atoms with van der Waals surface area (Å²) < 4.78 is 17.3. The molecule has 2 rings (SSSR count). The zero-order valence-electron chi connectivity index (χ0n) is 16.3. The molecule has 1 heterocycles. The van der Waals surface area contributed by atoms with E-state index in [1.54, 1.807) is 0 Å². The van der Waals surface area contributed by atoms with Crippen molar-refractivity contribution >= 4 is 11.9 Å². The first-order valence-corrected chi connectivity index (χ1v) is 9.38. The Hall–Kier alpha value is -1.88. The van der Waals surface area contributed by atoms with Crippen LogP contribution in [0, 0.1) is 17.8 Å². The van der Waals surface area contributed by atoms with Crippen molar-refractivity contribution in [2.24, 2.45) is 17.8 Å². The number of carbonyl (C=O) groups is 2. The third-order valence-corrected chi connectivity index (χ3v) is 5.26. The monoisotopic (exact) mass is 362 g/mol. The fraction of sp³-hybridized carbons (Fsp3) is 0.619. The molecule has 0 unspecified atom stereocenters. The lowest BCUT2D eigenvalue weighted by Crippen LogP contribution is -2.52. The molecule has 0 bridgehead atoms. The maximum atomic E-state index is 12.4. The van der Waals surface area contributed by atoms with E-state index in [9.17, 15) is 9.59 Å². The van der Waals surface area contributed by atoms with Gasteiger partial charge in [0.05, 0.1) is 18.6 Å². The number of hydrogen-bond acceptors (Lipinski definition) is 5. The van der Waals surface area contributed by atoms with Gasteiger partial charge in [-0.05, 0) is 18.9 Å². The highest BCUT2D eigenvalue weighted by Crippen LogP contribution is 2.35. The van der Waals surface area contributed by atoms with Gasteiger partial charge < -0.3 is 14.2 Å². The van der Waals surface area contributed by atoms with Gasteiger partial charge in [0.1, 0.15) is 12.2 Å². The average Bonchev–Trinajstić information content (AvgIpc) is 2.62. The smallest absolute Gasteiger partial charge is 0.311 e. The Morgan fingerprint density at radius 2 is 1.88 bits per heavy atom. The fourth-order valence-corrected chi connectivity index (χ4v) is 3.76. The number of hydrogen-bond donors (Lipinski definition) is 0. The van der Waals surface area contributed by atoms with E-state index in [4.69, 9.17) is 14.2 Å². The Bertz CT molecular complexity index is 600. The van der Waals surface area contributed by atoms with Crippen molar-refractivity contribution in [2.75, 3.05) is 0 Å². The second kappa shape index (κ2) is 9.17. The highest BCUT2D eigenvalue weighted by Gasteiger charge is 2.46. The van der Waals surface area contributed by atoms with Crippen LogP contribution in [0.4, 0.5) is 0 Å². The minimum Gasteiger partial charge on any atom is -0.462 e. The summed E-state index contributed by atoms with van der Waals surface area (Å²) in [6.45, 7) is 9.68. The standard InChI is InChI=1S/C21H30O5/c1-6-18(25-16(5)22)13(2)20-14(3)19(15(4)21(23)26-20)24-12-17-10-8-7-9-11-17/h7-11,13-15,18-20H,6,12H2,1-5H3/t13-,14-,15-,18+,19+,20-/m1/s1. The van der Waals surface area contributed by atoms with Crippen LogP contribution in [-0.2, 0) is 30.4 Å². The average molecular weight is 362 g/mol. The van der Waals surface area contributed by atoms with Gasteiger partial charge in [0.15, 0.2) is 0 Å².